The Morgan fingerprint density at radius 1 is 0.551 bits per heavy atom. The summed E-state index contributed by atoms with van der Waals surface area (Å²) in [6.07, 6.45) is 77.2. The summed E-state index contributed by atoms with van der Waals surface area (Å²) in [6, 6.07) is 2.39. The number of carbonyl (C=O) groups excluding carboxylic acids is 1. The largest absolute Gasteiger partial charge is 0.355 e. The molecule has 2 aliphatic rings. The van der Waals surface area contributed by atoms with Gasteiger partial charge >= 0.3 is 0 Å². The molecule has 1 N–H and O–H groups in total. The van der Waals surface area contributed by atoms with Crippen molar-refractivity contribution in [3.05, 3.63) is 23.6 Å². The second kappa shape index (κ2) is 45.7. The van der Waals surface area contributed by atoms with Crippen LogP contribution in [0, 0.1) is 16.7 Å². The number of rotatable bonds is 5. The van der Waals surface area contributed by atoms with Crippen LogP contribution >= 0.6 is 11.6 Å². The molecule has 9 nitrogen and oxygen atoms in total. The molecule has 1 spiro atoms. The van der Waals surface area contributed by atoms with Gasteiger partial charge in [-0.1, -0.05) is 307 Å². The van der Waals surface area contributed by atoms with Crippen molar-refractivity contribution in [3.8, 4) is 6.07 Å². The number of nitrogens with zero attached hydrogens (tertiary/aromatic N) is 7. The molecule has 4 rings (SSSR count). The number of carbonyl (C=O) groups is 1. The zero-order valence-corrected chi connectivity index (χ0v) is 51.9. The molecule has 1 saturated carbocycles. The fraction of sp³-hybridized carbons (Fsp3) is 0.868. The number of amides is 1. The number of aromatic nitrogens is 4. The van der Waals surface area contributed by atoms with Crippen molar-refractivity contribution in [2.24, 2.45) is 12.5 Å². The molecular formula is C68H121ClN8O. The average molecular weight is 1100 g/mol. The van der Waals surface area contributed by atoms with Crippen molar-refractivity contribution in [1.82, 2.24) is 24.6 Å². The Hall–Kier alpha value is -2.86. The van der Waals surface area contributed by atoms with Gasteiger partial charge in [0.15, 0.2) is 5.82 Å². The van der Waals surface area contributed by atoms with Gasteiger partial charge in [0.05, 0.1) is 24.2 Å². The van der Waals surface area contributed by atoms with E-state index in [1.54, 1.807) is 17.1 Å². The molecule has 1 aliphatic heterocycles. The van der Waals surface area contributed by atoms with E-state index in [0.717, 1.165) is 56.7 Å². The minimum atomic E-state index is -0.0167. The lowest BCUT2D eigenvalue weighted by atomic mass is 9.70. The predicted molar refractivity (Wildman–Crippen MR) is 335 cm³/mol. The summed E-state index contributed by atoms with van der Waals surface area (Å²) in [6.45, 7) is 1.53. The van der Waals surface area contributed by atoms with Crippen LogP contribution < -0.4 is 10.2 Å². The Labute approximate surface area is 486 Å². The quantitative estimate of drug-likeness (QED) is 0.318. The lowest BCUT2D eigenvalue weighted by Crippen LogP contribution is -2.44. The second-order valence-corrected chi connectivity index (χ2v) is 25.6. The maximum absolute atomic E-state index is 12.9. The smallest absolute Gasteiger partial charge is 0.236 e. The van der Waals surface area contributed by atoms with Crippen molar-refractivity contribution < 1.29 is 4.79 Å². The van der Waals surface area contributed by atoms with Gasteiger partial charge in [-0.15, -0.1) is 0 Å². The molecule has 446 valence electrons. The van der Waals surface area contributed by atoms with Crippen LogP contribution in [0.25, 0.3) is 0 Å². The van der Waals surface area contributed by atoms with Crippen LogP contribution in [0.3, 0.4) is 0 Å². The van der Waals surface area contributed by atoms with Crippen molar-refractivity contribution in [2.75, 3.05) is 30.4 Å². The van der Waals surface area contributed by atoms with Gasteiger partial charge < -0.3 is 15.1 Å². The Kier molecular flexibility index (Phi) is 39.6. The number of anilines is 3. The minimum absolute atomic E-state index is 0.00614. The summed E-state index contributed by atoms with van der Waals surface area (Å²) in [5.41, 5.74) is 1.05. The number of hydrogen-bond acceptors (Lipinski definition) is 7. The molecular weight excluding hydrogens is 980 g/mol. The molecule has 1 aliphatic carbocycles. The number of nitrogens with one attached hydrogen (secondary N) is 1. The van der Waals surface area contributed by atoms with E-state index < -0.39 is 0 Å². The minimum Gasteiger partial charge on any atom is -0.355 e. The topological polar surface area (TPSA) is 103 Å². The average Bonchev–Trinajstić information content (AvgIpc) is 3.87. The van der Waals surface area contributed by atoms with Gasteiger partial charge in [-0.05, 0) is 43.9 Å². The third-order valence-electron chi connectivity index (χ3n) is 18.5. The second-order valence-electron chi connectivity index (χ2n) is 25.2. The van der Waals surface area contributed by atoms with Gasteiger partial charge in [-0.25, -0.2) is 4.98 Å². The first kappa shape index (κ1) is 67.6. The van der Waals surface area contributed by atoms with Crippen LogP contribution in [-0.4, -0.2) is 56.7 Å². The zero-order valence-electron chi connectivity index (χ0n) is 51.1. The normalized spacial score (nSPS) is 22.4. The summed E-state index contributed by atoms with van der Waals surface area (Å²) in [7, 11) is 4.09. The molecule has 10 heteroatoms. The maximum Gasteiger partial charge on any atom is 0.236 e. The van der Waals surface area contributed by atoms with Crippen molar-refractivity contribution >= 4 is 35.0 Å². The Morgan fingerprint density at radius 3 is 1.26 bits per heavy atom. The van der Waals surface area contributed by atoms with Gasteiger partial charge in [0.1, 0.15) is 11.4 Å². The van der Waals surface area contributed by atoms with Gasteiger partial charge in [-0.3, -0.25) is 9.48 Å². The molecule has 0 bridgehead atoms. The van der Waals surface area contributed by atoms with Crippen molar-refractivity contribution in [1.29, 1.82) is 5.26 Å². The molecule has 78 heavy (non-hydrogen) atoms. The van der Waals surface area contributed by atoms with Crippen LogP contribution in [-0.2, 0) is 11.8 Å². The molecule has 1 amide bonds. The first-order valence-corrected chi connectivity index (χ1v) is 34.4. The number of hydrogen-bond donors (Lipinski definition) is 1. The highest BCUT2D eigenvalue weighted by molar-refractivity contribution is 6.32. The van der Waals surface area contributed by atoms with E-state index in [1.807, 2.05) is 18.1 Å². The van der Waals surface area contributed by atoms with Crippen LogP contribution in [0.5, 0.6) is 0 Å². The molecule has 1 saturated heterocycles. The van der Waals surface area contributed by atoms with E-state index in [-0.39, 0.29) is 23.8 Å². The highest BCUT2D eigenvalue weighted by Crippen LogP contribution is 2.43. The molecule has 1 unspecified atom stereocenters. The first-order chi connectivity index (χ1) is 38.4. The Morgan fingerprint density at radius 2 is 0.910 bits per heavy atom. The van der Waals surface area contributed by atoms with Gasteiger partial charge in [0.25, 0.3) is 0 Å². The van der Waals surface area contributed by atoms with Crippen molar-refractivity contribution in [3.63, 3.8) is 0 Å². The van der Waals surface area contributed by atoms with E-state index >= 15 is 0 Å². The van der Waals surface area contributed by atoms with Crippen LogP contribution in [0.2, 0.25) is 5.02 Å². The third kappa shape index (κ3) is 32.5. The zero-order chi connectivity index (χ0) is 55.2. The number of aryl methyl sites for hydroxylation is 1. The molecule has 2 aromatic heterocycles. The molecule has 2 aromatic rings. The standard InChI is InChI=1S/C68H121ClN8O/c1-75-61-62(59-72-75)73-67-71-60-64(69)66(74-67)76(2)63-49-47-45-43-41-39-37-35-33-31-29-27-25-23-21-19-17-15-13-11-9-7-5-3-4-6-8-10-12-14-16-18-20-22-24-26-28-30-32-34-36-38-40-42-44-46-48-52-68(53-50-63)54-57-77(58-55-68)65(78)51-56-70/h59-61,63H,3-55,57-58H2,1-2H3,(H,71,73,74). The number of likely N-dealkylation sites (tertiary alicyclic amines) is 1. The van der Waals surface area contributed by atoms with E-state index in [4.69, 9.17) is 16.6 Å². The van der Waals surface area contributed by atoms with E-state index in [1.165, 1.54) is 302 Å². The van der Waals surface area contributed by atoms with Crippen molar-refractivity contribution in [2.45, 2.75) is 346 Å². The summed E-state index contributed by atoms with van der Waals surface area (Å²) < 4.78 is 1.77. The lowest BCUT2D eigenvalue weighted by molar-refractivity contribution is -0.132. The fourth-order valence-corrected chi connectivity index (χ4v) is 13.4. The van der Waals surface area contributed by atoms with Gasteiger partial charge in [0, 0.05) is 39.4 Å². The van der Waals surface area contributed by atoms with Crippen LogP contribution in [0.4, 0.5) is 17.5 Å². The highest BCUT2D eigenvalue weighted by atomic mass is 35.5. The Bertz CT molecular complexity index is 1770. The monoisotopic (exact) mass is 1100 g/mol. The Balaban J connectivity index is 1.24. The molecule has 0 radical (unpaired) electrons. The summed E-state index contributed by atoms with van der Waals surface area (Å²) >= 11 is 6.95. The molecule has 1 atom stereocenters. The number of nitriles is 1. The van der Waals surface area contributed by atoms with E-state index in [2.05, 4.69) is 33.4 Å². The first-order valence-electron chi connectivity index (χ1n) is 34.0. The molecule has 0 aromatic carbocycles. The van der Waals surface area contributed by atoms with Crippen LogP contribution in [0.1, 0.15) is 340 Å². The molecule has 3 heterocycles. The molecule has 2 fully saturated rings. The van der Waals surface area contributed by atoms with E-state index in [9.17, 15) is 10.1 Å². The predicted octanol–water partition coefficient (Wildman–Crippen LogP) is 21.5. The number of halogens is 1. The van der Waals surface area contributed by atoms with Crippen LogP contribution in [0.15, 0.2) is 18.6 Å². The highest BCUT2D eigenvalue weighted by Gasteiger charge is 2.36. The number of piperidine rings is 1. The SMILES string of the molecule is CN(c1nc(Nc2cnn(C)c2)ncc1Cl)C1CCCCCCCCCCCCCCCCCCCCCCCCCCCCCCCCCCCCCCCCCCCCCCCCC2(CC1)CCN(C(=O)CC#N)CC2. The van der Waals surface area contributed by atoms with E-state index in [0.29, 0.717) is 11.0 Å². The maximum atomic E-state index is 12.9. The van der Waals surface area contributed by atoms with Gasteiger partial charge in [-0.2, -0.15) is 15.3 Å². The fourth-order valence-electron chi connectivity index (χ4n) is 13.2. The third-order valence-corrected chi connectivity index (χ3v) is 18.7. The summed E-state index contributed by atoms with van der Waals surface area (Å²) in [5, 5.41) is 17.5. The summed E-state index contributed by atoms with van der Waals surface area (Å²) in [5.74, 6) is 1.29. The summed E-state index contributed by atoms with van der Waals surface area (Å²) in [4.78, 5) is 26.7. The lowest BCUT2D eigenvalue weighted by Gasteiger charge is -2.43. The van der Waals surface area contributed by atoms with Gasteiger partial charge in [0.2, 0.25) is 11.9 Å².